The van der Waals surface area contributed by atoms with Crippen LogP contribution >= 0.6 is 11.3 Å². The van der Waals surface area contributed by atoms with Crippen LogP contribution in [0.25, 0.3) is 0 Å². The van der Waals surface area contributed by atoms with Crippen LogP contribution in [0.15, 0.2) is 6.07 Å². The lowest BCUT2D eigenvalue weighted by molar-refractivity contribution is -0.146. The van der Waals surface area contributed by atoms with Crippen LogP contribution in [-0.2, 0) is 4.79 Å². The first-order chi connectivity index (χ1) is 9.34. The van der Waals surface area contributed by atoms with Crippen molar-refractivity contribution in [3.8, 4) is 0 Å². The van der Waals surface area contributed by atoms with Gasteiger partial charge in [-0.15, -0.1) is 11.3 Å². The third-order valence-electron chi connectivity index (χ3n) is 4.28. The Labute approximate surface area is 123 Å². The van der Waals surface area contributed by atoms with Crippen LogP contribution in [0.1, 0.15) is 52.7 Å². The van der Waals surface area contributed by atoms with E-state index in [0.29, 0.717) is 23.6 Å². The zero-order valence-electron chi connectivity index (χ0n) is 12.2. The van der Waals surface area contributed by atoms with E-state index in [-0.39, 0.29) is 5.91 Å². The van der Waals surface area contributed by atoms with Gasteiger partial charge in [0.25, 0.3) is 5.91 Å². The third kappa shape index (κ3) is 2.87. The highest BCUT2D eigenvalue weighted by molar-refractivity contribution is 7.14. The monoisotopic (exact) mass is 295 g/mol. The predicted molar refractivity (Wildman–Crippen MR) is 79.3 cm³/mol. The Morgan fingerprint density at radius 2 is 1.95 bits per heavy atom. The molecule has 0 radical (unpaired) electrons. The number of carboxylic acids is 1. The molecule has 1 aromatic rings. The number of rotatable bonds is 3. The van der Waals surface area contributed by atoms with Crippen molar-refractivity contribution in [2.45, 2.75) is 52.0 Å². The number of aliphatic carboxylic acids is 1. The van der Waals surface area contributed by atoms with Crippen LogP contribution in [0.4, 0.5) is 0 Å². The standard InChI is InChI=1S/C15H21NO3S/c1-9-4-6-15(7-5-9,14(18)19)16-13(17)12-8-10(2)11(3)20-12/h8-9H,4-7H2,1-3H3,(H,16,17)(H,18,19). The molecule has 0 aromatic carbocycles. The van der Waals surface area contributed by atoms with Gasteiger partial charge in [-0.3, -0.25) is 4.79 Å². The molecular formula is C15H21NO3S. The van der Waals surface area contributed by atoms with Crippen LogP contribution in [0, 0.1) is 19.8 Å². The summed E-state index contributed by atoms with van der Waals surface area (Å²) in [6.45, 7) is 6.05. The van der Waals surface area contributed by atoms with Crippen molar-refractivity contribution in [2.75, 3.05) is 0 Å². The van der Waals surface area contributed by atoms with Gasteiger partial charge in [0.05, 0.1) is 4.88 Å². The molecule has 0 spiro atoms. The minimum Gasteiger partial charge on any atom is -0.480 e. The van der Waals surface area contributed by atoms with Crippen LogP contribution in [-0.4, -0.2) is 22.5 Å². The van der Waals surface area contributed by atoms with Gasteiger partial charge in [0, 0.05) is 4.88 Å². The molecule has 1 heterocycles. The van der Waals surface area contributed by atoms with Crippen LogP contribution in [0.3, 0.4) is 0 Å². The zero-order valence-corrected chi connectivity index (χ0v) is 13.0. The van der Waals surface area contributed by atoms with Gasteiger partial charge in [-0.2, -0.15) is 0 Å². The minimum atomic E-state index is -1.09. The molecule has 4 nitrogen and oxygen atoms in total. The third-order valence-corrected chi connectivity index (χ3v) is 5.43. The molecule has 2 rings (SSSR count). The summed E-state index contributed by atoms with van der Waals surface area (Å²) in [5, 5.41) is 12.3. The molecule has 1 saturated carbocycles. The van der Waals surface area contributed by atoms with Crippen molar-refractivity contribution in [1.82, 2.24) is 5.32 Å². The van der Waals surface area contributed by atoms with Crippen LogP contribution in [0.5, 0.6) is 0 Å². The highest BCUT2D eigenvalue weighted by Gasteiger charge is 2.42. The summed E-state index contributed by atoms with van der Waals surface area (Å²) < 4.78 is 0. The maximum atomic E-state index is 12.3. The molecule has 1 aliphatic carbocycles. The van der Waals surface area contributed by atoms with Gasteiger partial charge in [0.1, 0.15) is 5.54 Å². The Kier molecular flexibility index (Phi) is 4.18. The van der Waals surface area contributed by atoms with Gasteiger partial charge in [0.15, 0.2) is 0 Å². The summed E-state index contributed by atoms with van der Waals surface area (Å²) in [6.07, 6.45) is 2.71. The lowest BCUT2D eigenvalue weighted by Gasteiger charge is -2.36. The fourth-order valence-electron chi connectivity index (χ4n) is 2.61. The van der Waals surface area contributed by atoms with Crippen molar-refractivity contribution >= 4 is 23.2 Å². The molecule has 0 bridgehead atoms. The molecule has 1 aliphatic rings. The van der Waals surface area contributed by atoms with E-state index in [1.54, 1.807) is 0 Å². The Bertz CT molecular complexity index is 508. The maximum absolute atomic E-state index is 12.3. The van der Waals surface area contributed by atoms with Crippen molar-refractivity contribution in [3.05, 3.63) is 21.4 Å². The molecule has 0 unspecified atom stereocenters. The van der Waals surface area contributed by atoms with Gasteiger partial charge in [-0.25, -0.2) is 4.79 Å². The number of nitrogens with one attached hydrogen (secondary N) is 1. The molecule has 1 aromatic heterocycles. The molecule has 5 heteroatoms. The SMILES string of the molecule is Cc1cc(C(=O)NC2(C(=O)O)CCC(C)CC2)sc1C. The second-order valence-corrected chi connectivity index (χ2v) is 7.13. The quantitative estimate of drug-likeness (QED) is 0.900. The average Bonchev–Trinajstić information content (AvgIpc) is 2.72. The summed E-state index contributed by atoms with van der Waals surface area (Å²) in [5.41, 5.74) is -0.0168. The lowest BCUT2D eigenvalue weighted by atomic mass is 9.77. The number of carboxylic acid groups (broad SMARTS) is 1. The van der Waals surface area contributed by atoms with E-state index in [1.165, 1.54) is 11.3 Å². The number of thiophene rings is 1. The van der Waals surface area contributed by atoms with Crippen molar-refractivity contribution < 1.29 is 14.7 Å². The zero-order chi connectivity index (χ0) is 14.9. The van der Waals surface area contributed by atoms with Gasteiger partial charge in [0.2, 0.25) is 0 Å². The molecule has 1 fully saturated rings. The second-order valence-electron chi connectivity index (χ2n) is 5.87. The van der Waals surface area contributed by atoms with Crippen molar-refractivity contribution in [2.24, 2.45) is 5.92 Å². The van der Waals surface area contributed by atoms with E-state index in [2.05, 4.69) is 12.2 Å². The number of carbonyl (C=O) groups excluding carboxylic acids is 1. The topological polar surface area (TPSA) is 66.4 Å². The molecule has 2 N–H and O–H groups in total. The van der Waals surface area contributed by atoms with Gasteiger partial charge < -0.3 is 10.4 Å². The molecule has 110 valence electrons. The Morgan fingerprint density at radius 3 is 2.40 bits per heavy atom. The fourth-order valence-corrected chi connectivity index (χ4v) is 3.54. The minimum absolute atomic E-state index is 0.261. The summed E-state index contributed by atoms with van der Waals surface area (Å²) in [4.78, 5) is 25.6. The van der Waals surface area contributed by atoms with E-state index < -0.39 is 11.5 Å². The van der Waals surface area contributed by atoms with Gasteiger partial charge in [-0.05, 0) is 57.1 Å². The molecular weight excluding hydrogens is 274 g/mol. The Balaban J connectivity index is 2.16. The highest BCUT2D eigenvalue weighted by atomic mass is 32.1. The van der Waals surface area contributed by atoms with E-state index >= 15 is 0 Å². The number of hydrogen-bond acceptors (Lipinski definition) is 3. The largest absolute Gasteiger partial charge is 0.480 e. The van der Waals surface area contributed by atoms with Crippen molar-refractivity contribution in [1.29, 1.82) is 0 Å². The van der Waals surface area contributed by atoms with E-state index in [4.69, 9.17) is 0 Å². The molecule has 0 atom stereocenters. The van der Waals surface area contributed by atoms with E-state index in [0.717, 1.165) is 23.3 Å². The highest BCUT2D eigenvalue weighted by Crippen LogP contribution is 2.33. The molecule has 0 aliphatic heterocycles. The number of hydrogen-bond donors (Lipinski definition) is 2. The summed E-state index contributed by atoms with van der Waals surface area (Å²) >= 11 is 1.42. The Hall–Kier alpha value is -1.36. The van der Waals surface area contributed by atoms with Crippen molar-refractivity contribution in [3.63, 3.8) is 0 Å². The fraction of sp³-hybridized carbons (Fsp3) is 0.600. The lowest BCUT2D eigenvalue weighted by Crippen LogP contribution is -2.56. The Morgan fingerprint density at radius 1 is 1.35 bits per heavy atom. The maximum Gasteiger partial charge on any atom is 0.329 e. The van der Waals surface area contributed by atoms with E-state index in [1.807, 2.05) is 19.9 Å². The normalized spacial score (nSPS) is 26.2. The van der Waals surface area contributed by atoms with Gasteiger partial charge >= 0.3 is 5.97 Å². The number of aryl methyl sites for hydroxylation is 2. The first kappa shape index (κ1) is 15.0. The first-order valence-corrected chi connectivity index (χ1v) is 7.78. The number of amides is 1. The number of carbonyl (C=O) groups is 2. The van der Waals surface area contributed by atoms with E-state index in [9.17, 15) is 14.7 Å². The summed E-state index contributed by atoms with van der Waals surface area (Å²) in [6, 6.07) is 1.83. The summed E-state index contributed by atoms with van der Waals surface area (Å²) in [5.74, 6) is -0.642. The van der Waals surface area contributed by atoms with Gasteiger partial charge in [-0.1, -0.05) is 6.92 Å². The second kappa shape index (κ2) is 5.56. The van der Waals surface area contributed by atoms with Crippen LogP contribution in [0.2, 0.25) is 0 Å². The smallest absolute Gasteiger partial charge is 0.329 e. The van der Waals surface area contributed by atoms with Crippen LogP contribution < -0.4 is 5.32 Å². The molecule has 1 amide bonds. The average molecular weight is 295 g/mol. The first-order valence-electron chi connectivity index (χ1n) is 6.97. The summed E-state index contributed by atoms with van der Waals surface area (Å²) in [7, 11) is 0. The molecule has 20 heavy (non-hydrogen) atoms. The molecule has 0 saturated heterocycles. The predicted octanol–water partition coefficient (Wildman–Crippen LogP) is 3.13.